The summed E-state index contributed by atoms with van der Waals surface area (Å²) in [4.78, 5) is 27.9. The molecule has 0 saturated carbocycles. The number of aromatic amines is 1. The molecule has 0 atom stereocenters. The normalized spacial score (nSPS) is 13.2. The van der Waals surface area contributed by atoms with Gasteiger partial charge in [0.05, 0.1) is 6.42 Å². The zero-order valence-electron chi connectivity index (χ0n) is 14.8. The minimum Gasteiger partial charge on any atom is -0.358 e. The van der Waals surface area contributed by atoms with E-state index in [1.807, 2.05) is 12.1 Å². The zero-order chi connectivity index (χ0) is 18.8. The van der Waals surface area contributed by atoms with Gasteiger partial charge in [0.15, 0.2) is 0 Å². The number of amides is 2. The highest BCUT2D eigenvalue weighted by atomic mass is 35.5. The lowest BCUT2D eigenvalue weighted by Crippen LogP contribution is -2.42. The molecule has 0 aliphatic heterocycles. The molecule has 3 N–H and O–H groups in total. The summed E-state index contributed by atoms with van der Waals surface area (Å²) in [7, 11) is 0. The number of aromatic nitrogens is 1. The average molecular weight is 382 g/mol. The average Bonchev–Trinajstić information content (AvgIpc) is 3.06. The quantitative estimate of drug-likeness (QED) is 0.605. The number of carbonyl (C=O) groups excluding carboxylic acids is 2. The second-order valence-electron chi connectivity index (χ2n) is 6.86. The molecule has 5 nitrogen and oxygen atoms in total. The second kappa shape index (κ2) is 7.45. The Labute approximate surface area is 162 Å². The highest BCUT2D eigenvalue weighted by Gasteiger charge is 2.17. The Morgan fingerprint density at radius 1 is 1.00 bits per heavy atom. The Morgan fingerprint density at radius 3 is 2.59 bits per heavy atom. The molecule has 138 valence electrons. The second-order valence-corrected chi connectivity index (χ2v) is 7.29. The van der Waals surface area contributed by atoms with Crippen LogP contribution in [0.1, 0.15) is 40.0 Å². The number of rotatable bonds is 3. The predicted octanol–water partition coefficient (Wildman–Crippen LogP) is 3.70. The van der Waals surface area contributed by atoms with Crippen molar-refractivity contribution in [3.63, 3.8) is 0 Å². The maximum atomic E-state index is 12.4. The van der Waals surface area contributed by atoms with Crippen LogP contribution in [-0.4, -0.2) is 16.8 Å². The lowest BCUT2D eigenvalue weighted by atomic mass is 9.95. The van der Waals surface area contributed by atoms with E-state index in [9.17, 15) is 9.59 Å². The number of halogens is 1. The van der Waals surface area contributed by atoms with Crippen molar-refractivity contribution in [1.82, 2.24) is 15.8 Å². The number of hydrazine groups is 1. The van der Waals surface area contributed by atoms with Crippen LogP contribution in [-0.2, 0) is 24.1 Å². The van der Waals surface area contributed by atoms with Gasteiger partial charge in [-0.3, -0.25) is 20.4 Å². The molecule has 0 spiro atoms. The fourth-order valence-electron chi connectivity index (χ4n) is 3.58. The highest BCUT2D eigenvalue weighted by Crippen LogP contribution is 2.29. The number of hydrogen-bond donors (Lipinski definition) is 3. The van der Waals surface area contributed by atoms with Crippen LogP contribution >= 0.6 is 11.6 Å². The van der Waals surface area contributed by atoms with Crippen LogP contribution in [0.2, 0.25) is 5.02 Å². The molecule has 3 aromatic rings. The molecule has 0 radical (unpaired) electrons. The van der Waals surface area contributed by atoms with E-state index in [0.717, 1.165) is 29.3 Å². The lowest BCUT2D eigenvalue weighted by molar-refractivity contribution is -0.121. The van der Waals surface area contributed by atoms with Gasteiger partial charge in [0.2, 0.25) is 5.91 Å². The Kier molecular flexibility index (Phi) is 4.86. The summed E-state index contributed by atoms with van der Waals surface area (Å²) in [5.74, 6) is -0.613. The SMILES string of the molecule is O=C(Cc1ccc(Cl)cc1)NNC(=O)c1ccc2[nH]c3c(c2c1)CCCC3. The summed E-state index contributed by atoms with van der Waals surface area (Å²) in [6.07, 6.45) is 4.65. The molecule has 1 heterocycles. The van der Waals surface area contributed by atoms with Gasteiger partial charge in [-0.15, -0.1) is 0 Å². The van der Waals surface area contributed by atoms with Gasteiger partial charge in [0, 0.05) is 27.2 Å². The summed E-state index contributed by atoms with van der Waals surface area (Å²) in [5, 5.41) is 1.72. The summed E-state index contributed by atoms with van der Waals surface area (Å²) in [6, 6.07) is 12.6. The van der Waals surface area contributed by atoms with Gasteiger partial charge < -0.3 is 4.98 Å². The van der Waals surface area contributed by atoms with Gasteiger partial charge in [-0.25, -0.2) is 0 Å². The third-order valence-electron chi connectivity index (χ3n) is 4.95. The monoisotopic (exact) mass is 381 g/mol. The van der Waals surface area contributed by atoms with Gasteiger partial charge in [-0.1, -0.05) is 23.7 Å². The number of benzene rings is 2. The third kappa shape index (κ3) is 3.83. The highest BCUT2D eigenvalue weighted by molar-refractivity contribution is 6.30. The first-order chi connectivity index (χ1) is 13.1. The fraction of sp³-hybridized carbons (Fsp3) is 0.238. The van der Waals surface area contributed by atoms with Crippen LogP contribution in [0.5, 0.6) is 0 Å². The molecule has 0 saturated heterocycles. The molecule has 4 rings (SSSR count). The van der Waals surface area contributed by atoms with Crippen LogP contribution in [0.3, 0.4) is 0 Å². The van der Waals surface area contributed by atoms with E-state index < -0.39 is 0 Å². The summed E-state index contributed by atoms with van der Waals surface area (Å²) >= 11 is 5.84. The van der Waals surface area contributed by atoms with E-state index in [1.54, 1.807) is 30.3 Å². The number of hydrogen-bond acceptors (Lipinski definition) is 2. The minimum absolute atomic E-state index is 0.168. The summed E-state index contributed by atoms with van der Waals surface area (Å²) in [6.45, 7) is 0. The fourth-order valence-corrected chi connectivity index (χ4v) is 3.70. The maximum absolute atomic E-state index is 12.4. The lowest BCUT2D eigenvalue weighted by Gasteiger charge is -2.11. The van der Waals surface area contributed by atoms with Crippen molar-refractivity contribution >= 4 is 34.3 Å². The molecule has 1 aromatic heterocycles. The number of fused-ring (bicyclic) bond motifs is 3. The molecule has 27 heavy (non-hydrogen) atoms. The molecule has 2 amide bonds. The molecule has 6 heteroatoms. The van der Waals surface area contributed by atoms with E-state index in [-0.39, 0.29) is 18.2 Å². The van der Waals surface area contributed by atoms with Gasteiger partial charge in [-0.2, -0.15) is 0 Å². The van der Waals surface area contributed by atoms with Gasteiger partial charge in [-0.05, 0) is 67.1 Å². The molecule has 2 aromatic carbocycles. The number of nitrogens with one attached hydrogen (secondary N) is 3. The number of carbonyl (C=O) groups is 2. The Bertz CT molecular complexity index is 1010. The topological polar surface area (TPSA) is 74.0 Å². The van der Waals surface area contributed by atoms with E-state index in [1.165, 1.54) is 24.1 Å². The van der Waals surface area contributed by atoms with Gasteiger partial charge in [0.1, 0.15) is 0 Å². The van der Waals surface area contributed by atoms with E-state index >= 15 is 0 Å². The summed E-state index contributed by atoms with van der Waals surface area (Å²) < 4.78 is 0. The van der Waals surface area contributed by atoms with Crippen LogP contribution < -0.4 is 10.9 Å². The summed E-state index contributed by atoms with van der Waals surface area (Å²) in [5.41, 5.74) is 9.98. The van der Waals surface area contributed by atoms with Crippen molar-refractivity contribution < 1.29 is 9.59 Å². The molecule has 0 bridgehead atoms. The van der Waals surface area contributed by atoms with Crippen molar-refractivity contribution in [3.05, 3.63) is 69.9 Å². The first-order valence-electron chi connectivity index (χ1n) is 9.07. The van der Waals surface area contributed by atoms with Crippen molar-refractivity contribution in [2.24, 2.45) is 0 Å². The molecular weight excluding hydrogens is 362 g/mol. The van der Waals surface area contributed by atoms with E-state index in [2.05, 4.69) is 15.8 Å². The van der Waals surface area contributed by atoms with Gasteiger partial charge >= 0.3 is 0 Å². The Hall–Kier alpha value is -2.79. The Morgan fingerprint density at radius 2 is 1.78 bits per heavy atom. The van der Waals surface area contributed by atoms with Crippen LogP contribution in [0, 0.1) is 0 Å². The van der Waals surface area contributed by atoms with Crippen LogP contribution in [0.4, 0.5) is 0 Å². The number of H-pyrrole nitrogens is 1. The van der Waals surface area contributed by atoms with Gasteiger partial charge in [0.25, 0.3) is 5.91 Å². The largest absolute Gasteiger partial charge is 0.358 e. The first kappa shape index (κ1) is 17.6. The Balaban J connectivity index is 1.42. The number of aryl methyl sites for hydroxylation is 2. The van der Waals surface area contributed by atoms with Crippen LogP contribution in [0.25, 0.3) is 10.9 Å². The maximum Gasteiger partial charge on any atom is 0.269 e. The zero-order valence-corrected chi connectivity index (χ0v) is 15.5. The van der Waals surface area contributed by atoms with Crippen molar-refractivity contribution in [2.45, 2.75) is 32.1 Å². The molecule has 1 aliphatic carbocycles. The van der Waals surface area contributed by atoms with E-state index in [4.69, 9.17) is 11.6 Å². The minimum atomic E-state index is -0.327. The predicted molar refractivity (Wildman–Crippen MR) is 106 cm³/mol. The van der Waals surface area contributed by atoms with Crippen LogP contribution in [0.15, 0.2) is 42.5 Å². The van der Waals surface area contributed by atoms with E-state index in [0.29, 0.717) is 10.6 Å². The molecule has 1 aliphatic rings. The molecule has 0 unspecified atom stereocenters. The molecular formula is C21H20ClN3O2. The molecule has 0 fully saturated rings. The van der Waals surface area contributed by atoms with Crippen molar-refractivity contribution in [2.75, 3.05) is 0 Å². The van der Waals surface area contributed by atoms with Crippen molar-refractivity contribution in [3.8, 4) is 0 Å². The smallest absolute Gasteiger partial charge is 0.269 e. The third-order valence-corrected chi connectivity index (χ3v) is 5.21. The first-order valence-corrected chi connectivity index (χ1v) is 9.45. The standard InChI is InChI=1S/C21H20ClN3O2/c22-15-8-5-13(6-9-15)11-20(26)24-25-21(27)14-7-10-19-17(12-14)16-3-1-2-4-18(16)23-19/h5-10,12,23H,1-4,11H2,(H,24,26)(H,25,27). The van der Waals surface area contributed by atoms with Crippen molar-refractivity contribution in [1.29, 1.82) is 0 Å².